The third kappa shape index (κ3) is 4.15. The van der Waals surface area contributed by atoms with Gasteiger partial charge in [0.05, 0.1) is 17.3 Å². The lowest BCUT2D eigenvalue weighted by Crippen LogP contribution is -2.44. The predicted octanol–water partition coefficient (Wildman–Crippen LogP) is 3.50. The molecule has 1 atom stereocenters. The molecule has 2 aromatic carbocycles. The van der Waals surface area contributed by atoms with Crippen LogP contribution in [0.3, 0.4) is 0 Å². The van der Waals surface area contributed by atoms with Crippen LogP contribution in [0.15, 0.2) is 83.4 Å². The van der Waals surface area contributed by atoms with Crippen molar-refractivity contribution < 1.29 is 14.0 Å². The van der Waals surface area contributed by atoms with E-state index < -0.39 is 17.8 Å². The van der Waals surface area contributed by atoms with Crippen LogP contribution in [-0.4, -0.2) is 28.5 Å². The van der Waals surface area contributed by atoms with Crippen LogP contribution in [0.2, 0.25) is 0 Å². The van der Waals surface area contributed by atoms with Crippen LogP contribution in [0.1, 0.15) is 17.2 Å². The van der Waals surface area contributed by atoms with E-state index in [1.807, 2.05) is 13.0 Å². The fraction of sp³-hybridized carbons (Fsp3) is 0.125. The third-order valence-corrected chi connectivity index (χ3v) is 5.27. The van der Waals surface area contributed by atoms with E-state index in [4.69, 9.17) is 0 Å². The number of hydrogen-bond acceptors (Lipinski definition) is 3. The molecular formula is C24H21FN4O3. The molecule has 7 nitrogen and oxygen atoms in total. The van der Waals surface area contributed by atoms with Crippen molar-refractivity contribution in [1.29, 1.82) is 0 Å². The number of rotatable bonds is 4. The summed E-state index contributed by atoms with van der Waals surface area (Å²) in [5.74, 6) is -0.835. The largest absolute Gasteiger partial charge is 0.327 e. The molecule has 4 rings (SSSR count). The lowest BCUT2D eigenvalue weighted by atomic mass is 9.97. The van der Waals surface area contributed by atoms with Gasteiger partial charge in [0.25, 0.3) is 11.5 Å². The van der Waals surface area contributed by atoms with Gasteiger partial charge in [0.15, 0.2) is 0 Å². The van der Waals surface area contributed by atoms with Crippen molar-refractivity contribution in [2.24, 2.45) is 0 Å². The Balaban J connectivity index is 1.67. The van der Waals surface area contributed by atoms with E-state index in [1.165, 1.54) is 53.0 Å². The average Bonchev–Trinajstić information content (AvgIpc) is 2.78. The number of urea groups is 1. The first-order valence-corrected chi connectivity index (χ1v) is 9.94. The molecule has 0 spiro atoms. The Morgan fingerprint density at radius 2 is 1.81 bits per heavy atom. The van der Waals surface area contributed by atoms with E-state index in [0.717, 1.165) is 5.56 Å². The van der Waals surface area contributed by atoms with E-state index in [0.29, 0.717) is 22.5 Å². The number of carbonyl (C=O) groups excluding carboxylic acids is 2. The second kappa shape index (κ2) is 8.50. The monoisotopic (exact) mass is 432 g/mol. The van der Waals surface area contributed by atoms with E-state index in [2.05, 4.69) is 10.6 Å². The molecule has 0 bridgehead atoms. The minimum Gasteiger partial charge on any atom is -0.327 e. The van der Waals surface area contributed by atoms with Gasteiger partial charge in [-0.25, -0.2) is 9.18 Å². The summed E-state index contributed by atoms with van der Waals surface area (Å²) >= 11 is 0. The standard InChI is InChI=1S/C24H21FN4O3/c1-15-6-11-18(29-12-4-3-5-21(29)30)13-20(15)26-23(31)19-14-28(2)24(32)27-22(19)16-7-9-17(25)10-8-16/h3-14,22H,1-2H3,(H,26,31)(H,27,32)/t22-/m0/s1. The fourth-order valence-corrected chi connectivity index (χ4v) is 3.48. The fourth-order valence-electron chi connectivity index (χ4n) is 3.48. The molecule has 1 aromatic heterocycles. The highest BCUT2D eigenvalue weighted by Gasteiger charge is 2.30. The van der Waals surface area contributed by atoms with Gasteiger partial charge in [-0.15, -0.1) is 0 Å². The summed E-state index contributed by atoms with van der Waals surface area (Å²) in [4.78, 5) is 38.9. The Kier molecular flexibility index (Phi) is 5.59. The van der Waals surface area contributed by atoms with Crippen LogP contribution in [0.4, 0.5) is 14.9 Å². The van der Waals surface area contributed by atoms with Gasteiger partial charge in [0.1, 0.15) is 5.82 Å². The number of pyridine rings is 1. The maximum absolute atomic E-state index is 13.4. The highest BCUT2D eigenvalue weighted by molar-refractivity contribution is 6.06. The maximum Gasteiger partial charge on any atom is 0.321 e. The van der Waals surface area contributed by atoms with Gasteiger partial charge >= 0.3 is 6.03 Å². The van der Waals surface area contributed by atoms with Gasteiger partial charge < -0.3 is 15.5 Å². The lowest BCUT2D eigenvalue weighted by molar-refractivity contribution is -0.113. The Morgan fingerprint density at radius 1 is 1.06 bits per heavy atom. The predicted molar refractivity (Wildman–Crippen MR) is 119 cm³/mol. The van der Waals surface area contributed by atoms with E-state index in [-0.39, 0.29) is 11.6 Å². The van der Waals surface area contributed by atoms with Crippen LogP contribution in [0.5, 0.6) is 0 Å². The zero-order valence-corrected chi connectivity index (χ0v) is 17.5. The molecule has 1 aliphatic rings. The second-order valence-electron chi connectivity index (χ2n) is 7.49. The van der Waals surface area contributed by atoms with Crippen molar-refractivity contribution in [3.05, 3.63) is 106 Å². The van der Waals surface area contributed by atoms with E-state index >= 15 is 0 Å². The first kappa shape index (κ1) is 21.0. The van der Waals surface area contributed by atoms with Gasteiger partial charge in [-0.2, -0.15) is 0 Å². The molecule has 1 aliphatic heterocycles. The van der Waals surface area contributed by atoms with Crippen LogP contribution >= 0.6 is 0 Å². The lowest BCUT2D eigenvalue weighted by Gasteiger charge is -2.30. The number of hydrogen-bond donors (Lipinski definition) is 2. The molecule has 162 valence electrons. The number of anilines is 1. The molecule has 0 saturated carbocycles. The topological polar surface area (TPSA) is 83.4 Å². The van der Waals surface area contributed by atoms with Crippen LogP contribution in [-0.2, 0) is 4.79 Å². The number of nitrogens with zero attached hydrogens (tertiary/aromatic N) is 2. The molecular weight excluding hydrogens is 411 g/mol. The van der Waals surface area contributed by atoms with Crippen molar-refractivity contribution in [3.63, 3.8) is 0 Å². The van der Waals surface area contributed by atoms with Crippen molar-refractivity contribution in [2.75, 3.05) is 12.4 Å². The minimum absolute atomic E-state index is 0.190. The summed E-state index contributed by atoms with van der Waals surface area (Å²) in [6.45, 7) is 1.84. The van der Waals surface area contributed by atoms with Crippen molar-refractivity contribution in [2.45, 2.75) is 13.0 Å². The van der Waals surface area contributed by atoms with Crippen molar-refractivity contribution in [1.82, 2.24) is 14.8 Å². The quantitative estimate of drug-likeness (QED) is 0.662. The summed E-state index contributed by atoms with van der Waals surface area (Å²) in [5.41, 5.74) is 2.62. The molecule has 0 saturated heterocycles. The molecule has 3 aromatic rings. The molecule has 0 radical (unpaired) electrons. The minimum atomic E-state index is -0.737. The second-order valence-corrected chi connectivity index (χ2v) is 7.49. The molecule has 32 heavy (non-hydrogen) atoms. The van der Waals surface area contributed by atoms with E-state index in [1.54, 1.807) is 30.5 Å². The SMILES string of the molecule is Cc1ccc(-n2ccccc2=O)cc1NC(=O)C1=CN(C)C(=O)N[C@H]1c1ccc(F)cc1. The smallest absolute Gasteiger partial charge is 0.321 e. The molecule has 0 aliphatic carbocycles. The Hall–Kier alpha value is -4.20. The zero-order chi connectivity index (χ0) is 22.8. The molecule has 2 heterocycles. The highest BCUT2D eigenvalue weighted by atomic mass is 19.1. The number of halogens is 1. The number of nitrogens with one attached hydrogen (secondary N) is 2. The summed E-state index contributed by atoms with van der Waals surface area (Å²) in [5, 5.41) is 5.65. The van der Waals surface area contributed by atoms with Gasteiger partial charge in [0, 0.05) is 31.2 Å². The maximum atomic E-state index is 13.4. The normalized spacial score (nSPS) is 15.7. The number of amides is 3. The van der Waals surface area contributed by atoms with Crippen LogP contribution in [0, 0.1) is 12.7 Å². The first-order chi connectivity index (χ1) is 15.3. The zero-order valence-electron chi connectivity index (χ0n) is 17.5. The molecule has 0 fully saturated rings. The Labute approximate surface area is 183 Å². The van der Waals surface area contributed by atoms with Crippen LogP contribution < -0.4 is 16.2 Å². The van der Waals surface area contributed by atoms with Gasteiger partial charge in [-0.3, -0.25) is 14.2 Å². The number of aromatic nitrogens is 1. The van der Waals surface area contributed by atoms with Crippen molar-refractivity contribution in [3.8, 4) is 5.69 Å². The molecule has 3 amide bonds. The summed E-state index contributed by atoms with van der Waals surface area (Å²) < 4.78 is 14.8. The number of carbonyl (C=O) groups is 2. The average molecular weight is 432 g/mol. The summed E-state index contributed by atoms with van der Waals surface area (Å²) in [6.07, 6.45) is 3.11. The van der Waals surface area contributed by atoms with Crippen LogP contribution in [0.25, 0.3) is 5.69 Å². The third-order valence-electron chi connectivity index (χ3n) is 5.27. The number of benzene rings is 2. The van der Waals surface area contributed by atoms with Crippen molar-refractivity contribution >= 4 is 17.6 Å². The van der Waals surface area contributed by atoms with E-state index in [9.17, 15) is 18.8 Å². The highest BCUT2D eigenvalue weighted by Crippen LogP contribution is 2.28. The Morgan fingerprint density at radius 3 is 2.53 bits per heavy atom. The molecule has 2 N–H and O–H groups in total. The van der Waals surface area contributed by atoms with Gasteiger partial charge in [0.2, 0.25) is 0 Å². The molecule has 0 unspecified atom stereocenters. The first-order valence-electron chi connectivity index (χ1n) is 9.94. The van der Waals surface area contributed by atoms with Gasteiger partial charge in [-0.05, 0) is 48.4 Å². The molecule has 8 heteroatoms. The number of aryl methyl sites for hydroxylation is 1. The Bertz CT molecular complexity index is 1280. The van der Waals surface area contributed by atoms with Gasteiger partial charge in [-0.1, -0.05) is 24.3 Å². The summed E-state index contributed by atoms with van der Waals surface area (Å²) in [6, 6.07) is 14.7. The summed E-state index contributed by atoms with van der Waals surface area (Å²) in [7, 11) is 1.54.